The summed E-state index contributed by atoms with van der Waals surface area (Å²) in [6.45, 7) is 0.479. The van der Waals surface area contributed by atoms with Crippen LogP contribution in [0.25, 0.3) is 0 Å². The van der Waals surface area contributed by atoms with Gasteiger partial charge in [0, 0.05) is 11.8 Å². The third kappa shape index (κ3) is 5.84. The van der Waals surface area contributed by atoms with Gasteiger partial charge in [0.2, 0.25) is 0 Å². The number of hydrogen-bond acceptors (Lipinski definition) is 6. The minimum atomic E-state index is -4.28. The highest BCUT2D eigenvalue weighted by atomic mass is 31.2. The first-order valence-corrected chi connectivity index (χ1v) is 8.19. The third-order valence-electron chi connectivity index (χ3n) is 2.94. The van der Waals surface area contributed by atoms with Crippen LogP contribution < -0.4 is 11.2 Å². The van der Waals surface area contributed by atoms with Crippen LogP contribution in [-0.2, 0) is 16.0 Å². The van der Waals surface area contributed by atoms with Gasteiger partial charge >= 0.3 is 13.3 Å². The lowest BCUT2D eigenvalue weighted by molar-refractivity contribution is -0.0830. The van der Waals surface area contributed by atoms with E-state index in [1.165, 1.54) is 13.1 Å². The molecule has 0 aliphatic heterocycles. The molecule has 0 aliphatic carbocycles. The SMILES string of the molecule is Cc1cn(CO[C@H](CCP(=O)(O)O)[C@@H](O)CO)c(=O)[nH]c1=O. The number of aryl methyl sites for hydroxylation is 1. The fourth-order valence-electron chi connectivity index (χ4n) is 1.69. The number of rotatable bonds is 8. The van der Waals surface area contributed by atoms with E-state index in [9.17, 15) is 19.3 Å². The van der Waals surface area contributed by atoms with E-state index in [1.54, 1.807) is 0 Å². The number of aromatic amines is 1. The summed E-state index contributed by atoms with van der Waals surface area (Å²) >= 11 is 0. The van der Waals surface area contributed by atoms with Crippen LogP contribution in [0.2, 0.25) is 0 Å². The Morgan fingerprint density at radius 3 is 2.59 bits per heavy atom. The topological polar surface area (TPSA) is 162 Å². The van der Waals surface area contributed by atoms with Crippen LogP contribution in [-0.4, -0.2) is 54.5 Å². The zero-order valence-electron chi connectivity index (χ0n) is 11.9. The molecular weight excluding hydrogens is 319 g/mol. The van der Waals surface area contributed by atoms with Gasteiger partial charge in [-0.25, -0.2) is 4.79 Å². The van der Waals surface area contributed by atoms with Crippen molar-refractivity contribution in [3.05, 3.63) is 32.6 Å². The molecule has 0 spiro atoms. The summed E-state index contributed by atoms with van der Waals surface area (Å²) in [5.41, 5.74) is -0.977. The maximum atomic E-state index is 11.6. The van der Waals surface area contributed by atoms with Gasteiger partial charge in [-0.15, -0.1) is 0 Å². The van der Waals surface area contributed by atoms with Crippen molar-refractivity contribution in [1.29, 1.82) is 0 Å². The van der Waals surface area contributed by atoms with Gasteiger partial charge in [-0.3, -0.25) is 18.9 Å². The van der Waals surface area contributed by atoms with Gasteiger partial charge in [-0.05, 0) is 13.3 Å². The molecule has 5 N–H and O–H groups in total. The average molecular weight is 338 g/mol. The summed E-state index contributed by atoms with van der Waals surface area (Å²) in [7, 11) is -4.28. The number of aromatic nitrogens is 2. The lowest BCUT2D eigenvalue weighted by atomic mass is 10.1. The Labute approximate surface area is 125 Å². The van der Waals surface area contributed by atoms with E-state index in [0.717, 1.165) is 4.57 Å². The summed E-state index contributed by atoms with van der Waals surface area (Å²) in [4.78, 5) is 42.5. The van der Waals surface area contributed by atoms with E-state index in [2.05, 4.69) is 4.98 Å². The number of nitrogens with one attached hydrogen (secondary N) is 1. The zero-order chi connectivity index (χ0) is 16.9. The molecule has 0 fully saturated rings. The molecule has 126 valence electrons. The zero-order valence-corrected chi connectivity index (χ0v) is 12.8. The van der Waals surface area contributed by atoms with E-state index < -0.39 is 43.8 Å². The van der Waals surface area contributed by atoms with Crippen LogP contribution in [0.1, 0.15) is 12.0 Å². The molecule has 1 rings (SSSR count). The molecule has 22 heavy (non-hydrogen) atoms. The van der Waals surface area contributed by atoms with Crippen molar-refractivity contribution in [2.24, 2.45) is 0 Å². The lowest BCUT2D eigenvalue weighted by Gasteiger charge is -2.22. The van der Waals surface area contributed by atoms with Crippen LogP contribution in [0.5, 0.6) is 0 Å². The van der Waals surface area contributed by atoms with Crippen LogP contribution >= 0.6 is 7.60 Å². The van der Waals surface area contributed by atoms with Crippen molar-refractivity contribution in [2.45, 2.75) is 32.3 Å². The molecule has 0 aromatic carbocycles. The van der Waals surface area contributed by atoms with Gasteiger partial charge in [0.1, 0.15) is 12.8 Å². The molecule has 1 aromatic rings. The standard InChI is InChI=1S/C11H19N2O8P/c1-7-4-13(11(17)12-10(7)16)6-21-9(8(15)5-14)2-3-22(18,19)20/h4,8-9,14-15H,2-3,5-6H2,1H3,(H,12,16,17)(H2,18,19,20)/t8-,9+/m0/s1. The van der Waals surface area contributed by atoms with Gasteiger partial charge < -0.3 is 24.7 Å². The second-order valence-corrected chi connectivity index (χ2v) is 6.58. The predicted octanol–water partition coefficient (Wildman–Crippen LogP) is -1.89. The molecule has 11 heteroatoms. The number of nitrogens with zero attached hydrogens (tertiary/aromatic N) is 1. The van der Waals surface area contributed by atoms with Crippen molar-refractivity contribution >= 4 is 7.60 Å². The van der Waals surface area contributed by atoms with E-state index in [0.29, 0.717) is 0 Å². The lowest BCUT2D eigenvalue weighted by Crippen LogP contribution is -2.36. The number of H-pyrrole nitrogens is 1. The third-order valence-corrected chi connectivity index (χ3v) is 3.78. The summed E-state index contributed by atoms with van der Waals surface area (Å²) in [5.74, 6) is 0. The molecule has 1 heterocycles. The highest BCUT2D eigenvalue weighted by molar-refractivity contribution is 7.51. The van der Waals surface area contributed by atoms with E-state index in [-0.39, 0.29) is 18.7 Å². The van der Waals surface area contributed by atoms with Crippen molar-refractivity contribution in [1.82, 2.24) is 9.55 Å². The monoisotopic (exact) mass is 338 g/mol. The van der Waals surface area contributed by atoms with Crippen molar-refractivity contribution in [3.8, 4) is 0 Å². The normalized spacial score (nSPS) is 14.8. The number of hydrogen-bond donors (Lipinski definition) is 5. The van der Waals surface area contributed by atoms with Crippen molar-refractivity contribution in [2.75, 3.05) is 12.8 Å². The molecular formula is C11H19N2O8P. The number of aliphatic hydroxyl groups is 2. The van der Waals surface area contributed by atoms with Gasteiger partial charge in [0.15, 0.2) is 0 Å². The first kappa shape index (κ1) is 18.8. The molecule has 10 nitrogen and oxygen atoms in total. The summed E-state index contributed by atoms with van der Waals surface area (Å²) in [6, 6.07) is 0. The van der Waals surface area contributed by atoms with Gasteiger partial charge in [-0.2, -0.15) is 0 Å². The highest BCUT2D eigenvalue weighted by Crippen LogP contribution is 2.35. The van der Waals surface area contributed by atoms with E-state index >= 15 is 0 Å². The Kier molecular flexibility index (Phi) is 6.66. The molecule has 0 amide bonds. The second kappa shape index (κ2) is 7.82. The Bertz CT molecular complexity index is 648. The number of aliphatic hydroxyl groups excluding tert-OH is 2. The quantitative estimate of drug-likeness (QED) is 0.344. The Morgan fingerprint density at radius 2 is 2.05 bits per heavy atom. The molecule has 0 bridgehead atoms. The minimum absolute atomic E-state index is 0.205. The molecule has 0 unspecified atom stereocenters. The molecule has 1 aromatic heterocycles. The van der Waals surface area contributed by atoms with Gasteiger partial charge in [0.25, 0.3) is 5.56 Å². The first-order chi connectivity index (χ1) is 10.1. The molecule has 0 saturated heterocycles. The fourth-order valence-corrected chi connectivity index (χ4v) is 2.28. The largest absolute Gasteiger partial charge is 0.394 e. The second-order valence-electron chi connectivity index (χ2n) is 4.80. The molecule has 2 atom stereocenters. The van der Waals surface area contributed by atoms with Crippen molar-refractivity contribution < 1.29 is 29.3 Å². The molecule has 0 aliphatic rings. The van der Waals surface area contributed by atoms with Gasteiger partial charge in [0.05, 0.1) is 18.9 Å². The van der Waals surface area contributed by atoms with Crippen LogP contribution in [0.3, 0.4) is 0 Å². The summed E-state index contributed by atoms with van der Waals surface area (Å²) in [5, 5.41) is 18.5. The van der Waals surface area contributed by atoms with Crippen LogP contribution in [0, 0.1) is 6.92 Å². The van der Waals surface area contributed by atoms with Crippen LogP contribution in [0.15, 0.2) is 15.8 Å². The first-order valence-electron chi connectivity index (χ1n) is 6.39. The van der Waals surface area contributed by atoms with Gasteiger partial charge in [-0.1, -0.05) is 0 Å². The van der Waals surface area contributed by atoms with E-state index in [1.807, 2.05) is 0 Å². The smallest absolute Gasteiger partial charge is 0.330 e. The fraction of sp³-hybridized carbons (Fsp3) is 0.636. The number of ether oxygens (including phenoxy) is 1. The Morgan fingerprint density at radius 1 is 1.41 bits per heavy atom. The Balaban J connectivity index is 2.79. The summed E-state index contributed by atoms with van der Waals surface area (Å²) < 4.78 is 17.1. The van der Waals surface area contributed by atoms with Crippen LogP contribution in [0.4, 0.5) is 0 Å². The predicted molar refractivity (Wildman–Crippen MR) is 75.6 cm³/mol. The van der Waals surface area contributed by atoms with E-state index in [4.69, 9.17) is 19.6 Å². The molecule has 0 radical (unpaired) electrons. The minimum Gasteiger partial charge on any atom is -0.394 e. The van der Waals surface area contributed by atoms with Crippen molar-refractivity contribution in [3.63, 3.8) is 0 Å². The Hall–Kier alpha value is -1.29. The average Bonchev–Trinajstić information content (AvgIpc) is 2.42. The molecule has 0 saturated carbocycles. The highest BCUT2D eigenvalue weighted by Gasteiger charge is 2.24. The maximum Gasteiger partial charge on any atom is 0.330 e. The summed E-state index contributed by atoms with van der Waals surface area (Å²) in [6.07, 6.45) is -1.91. The maximum absolute atomic E-state index is 11.6.